The minimum Gasteiger partial charge on any atom is -0.478 e. The number of carbonyl (C=O) groups is 1. The number of carboxylic acids is 1. The first-order valence-electron chi connectivity index (χ1n) is 4.64. The number of carboxylic acid groups (broad SMARTS) is 1. The molecule has 3 N–H and O–H groups in total. The molecule has 0 fully saturated rings. The average molecular weight is 218 g/mol. The van der Waals surface area contributed by atoms with E-state index in [1.54, 1.807) is 31.2 Å². The van der Waals surface area contributed by atoms with Crippen LogP contribution in [0.1, 0.15) is 15.9 Å². The van der Waals surface area contributed by atoms with E-state index in [4.69, 9.17) is 15.4 Å². The summed E-state index contributed by atoms with van der Waals surface area (Å²) in [5, 5.41) is 12.7. The minimum atomic E-state index is -0.962. The quantitative estimate of drug-likeness (QED) is 0.803. The first-order chi connectivity index (χ1) is 7.58. The highest BCUT2D eigenvalue weighted by Crippen LogP contribution is 2.22. The van der Waals surface area contributed by atoms with Gasteiger partial charge in [0.1, 0.15) is 5.69 Å². The Morgan fingerprint density at radius 2 is 2.19 bits per heavy atom. The normalized spacial score (nSPS) is 10.3. The number of anilines is 1. The number of nitrogen functional groups attached to an aromatic ring is 1. The fourth-order valence-electron chi connectivity index (χ4n) is 1.44. The van der Waals surface area contributed by atoms with Crippen molar-refractivity contribution in [3.63, 3.8) is 0 Å². The van der Waals surface area contributed by atoms with Crippen molar-refractivity contribution in [2.45, 2.75) is 6.92 Å². The van der Waals surface area contributed by atoms with Gasteiger partial charge in [0.05, 0.1) is 5.56 Å². The molecule has 0 aliphatic carbocycles. The SMILES string of the molecule is Cc1ccc(-c2cc(N)on2)cc1C(=O)O. The van der Waals surface area contributed by atoms with Gasteiger partial charge in [0.2, 0.25) is 5.88 Å². The summed E-state index contributed by atoms with van der Waals surface area (Å²) < 4.78 is 4.73. The molecule has 5 nitrogen and oxygen atoms in total. The van der Waals surface area contributed by atoms with Gasteiger partial charge in [-0.05, 0) is 18.6 Å². The molecule has 0 atom stereocenters. The lowest BCUT2D eigenvalue weighted by Crippen LogP contribution is -1.99. The van der Waals surface area contributed by atoms with E-state index >= 15 is 0 Å². The summed E-state index contributed by atoms with van der Waals surface area (Å²) in [5.74, 6) is -0.761. The van der Waals surface area contributed by atoms with Gasteiger partial charge < -0.3 is 15.4 Å². The molecule has 82 valence electrons. The fraction of sp³-hybridized carbons (Fsp3) is 0.0909. The van der Waals surface area contributed by atoms with Gasteiger partial charge in [-0.25, -0.2) is 4.79 Å². The van der Waals surface area contributed by atoms with Gasteiger partial charge in [0.25, 0.3) is 0 Å². The molecule has 0 amide bonds. The zero-order valence-corrected chi connectivity index (χ0v) is 8.60. The van der Waals surface area contributed by atoms with Gasteiger partial charge in [-0.15, -0.1) is 0 Å². The van der Waals surface area contributed by atoms with Crippen LogP contribution >= 0.6 is 0 Å². The third kappa shape index (κ3) is 1.75. The Hall–Kier alpha value is -2.30. The van der Waals surface area contributed by atoms with Gasteiger partial charge in [-0.3, -0.25) is 0 Å². The number of hydrogen-bond donors (Lipinski definition) is 2. The number of aromatic carboxylic acids is 1. The molecule has 1 heterocycles. The maximum atomic E-state index is 10.9. The molecule has 2 aromatic rings. The zero-order valence-electron chi connectivity index (χ0n) is 8.60. The Bertz CT molecular complexity index is 546. The van der Waals surface area contributed by atoms with Gasteiger partial charge in [-0.1, -0.05) is 17.3 Å². The lowest BCUT2D eigenvalue weighted by Gasteiger charge is -2.02. The largest absolute Gasteiger partial charge is 0.478 e. The van der Waals surface area contributed by atoms with E-state index in [-0.39, 0.29) is 11.4 Å². The summed E-state index contributed by atoms with van der Waals surface area (Å²) in [6.45, 7) is 1.74. The molecule has 1 aromatic heterocycles. The molecule has 0 spiro atoms. The molecule has 0 radical (unpaired) electrons. The van der Waals surface area contributed by atoms with E-state index in [9.17, 15) is 4.79 Å². The minimum absolute atomic E-state index is 0.201. The van der Waals surface area contributed by atoms with Crippen molar-refractivity contribution in [1.29, 1.82) is 0 Å². The van der Waals surface area contributed by atoms with E-state index < -0.39 is 5.97 Å². The molecule has 1 aromatic carbocycles. The molecule has 0 unspecified atom stereocenters. The van der Waals surface area contributed by atoms with Gasteiger partial charge in [0, 0.05) is 11.6 Å². The Morgan fingerprint density at radius 3 is 2.75 bits per heavy atom. The van der Waals surface area contributed by atoms with Crippen molar-refractivity contribution >= 4 is 11.9 Å². The monoisotopic (exact) mass is 218 g/mol. The van der Waals surface area contributed by atoms with Gasteiger partial charge in [0.15, 0.2) is 0 Å². The van der Waals surface area contributed by atoms with Gasteiger partial charge in [-0.2, -0.15) is 0 Å². The smallest absolute Gasteiger partial charge is 0.335 e. The van der Waals surface area contributed by atoms with E-state index in [0.29, 0.717) is 16.8 Å². The van der Waals surface area contributed by atoms with Crippen molar-refractivity contribution < 1.29 is 14.4 Å². The van der Waals surface area contributed by atoms with Crippen molar-refractivity contribution in [2.24, 2.45) is 0 Å². The van der Waals surface area contributed by atoms with Crippen molar-refractivity contribution in [3.8, 4) is 11.3 Å². The maximum absolute atomic E-state index is 10.9. The third-order valence-corrected chi connectivity index (χ3v) is 2.29. The molecular weight excluding hydrogens is 208 g/mol. The Balaban J connectivity index is 2.51. The summed E-state index contributed by atoms with van der Waals surface area (Å²) in [4.78, 5) is 10.9. The lowest BCUT2D eigenvalue weighted by atomic mass is 10.0. The van der Waals surface area contributed by atoms with Crippen LogP contribution in [0.4, 0.5) is 5.88 Å². The molecule has 0 saturated heterocycles. The van der Waals surface area contributed by atoms with E-state index in [1.165, 1.54) is 0 Å². The second-order valence-corrected chi connectivity index (χ2v) is 3.45. The molecule has 0 bridgehead atoms. The van der Waals surface area contributed by atoms with Crippen LogP contribution in [0.3, 0.4) is 0 Å². The van der Waals surface area contributed by atoms with Gasteiger partial charge >= 0.3 is 5.97 Å². The number of hydrogen-bond acceptors (Lipinski definition) is 4. The molecule has 2 rings (SSSR count). The van der Waals surface area contributed by atoms with Crippen molar-refractivity contribution in [3.05, 3.63) is 35.4 Å². The van der Waals surface area contributed by atoms with E-state index in [2.05, 4.69) is 5.16 Å². The molecule has 0 saturated carbocycles. The first kappa shape index (κ1) is 10.2. The van der Waals surface area contributed by atoms with Crippen LogP contribution in [0.15, 0.2) is 28.8 Å². The predicted octanol–water partition coefficient (Wildman–Crippen LogP) is 1.93. The Kier molecular flexibility index (Phi) is 2.36. The second kappa shape index (κ2) is 3.69. The lowest BCUT2D eigenvalue weighted by molar-refractivity contribution is 0.0696. The van der Waals surface area contributed by atoms with Crippen LogP contribution in [0.5, 0.6) is 0 Å². The summed E-state index contributed by atoms with van der Waals surface area (Å²) in [6.07, 6.45) is 0. The second-order valence-electron chi connectivity index (χ2n) is 3.45. The first-order valence-corrected chi connectivity index (χ1v) is 4.64. The van der Waals surface area contributed by atoms with Crippen LogP contribution in [0.2, 0.25) is 0 Å². The highest BCUT2D eigenvalue weighted by atomic mass is 16.5. The summed E-state index contributed by atoms with van der Waals surface area (Å²) in [7, 11) is 0. The van der Waals surface area contributed by atoms with Crippen LogP contribution in [0.25, 0.3) is 11.3 Å². The molecule has 5 heteroatoms. The summed E-state index contributed by atoms with van der Waals surface area (Å²) >= 11 is 0. The van der Waals surface area contributed by atoms with Crippen LogP contribution in [0, 0.1) is 6.92 Å². The third-order valence-electron chi connectivity index (χ3n) is 2.29. The Labute approximate surface area is 91.5 Å². The summed E-state index contributed by atoms with van der Waals surface area (Å²) in [5.41, 5.74) is 7.55. The Morgan fingerprint density at radius 1 is 1.44 bits per heavy atom. The number of aromatic nitrogens is 1. The van der Waals surface area contributed by atoms with Crippen LogP contribution in [-0.4, -0.2) is 16.2 Å². The highest BCUT2D eigenvalue weighted by Gasteiger charge is 2.10. The van der Waals surface area contributed by atoms with E-state index in [0.717, 1.165) is 0 Å². The topological polar surface area (TPSA) is 89.4 Å². The summed E-state index contributed by atoms with van der Waals surface area (Å²) in [6, 6.07) is 6.61. The fourth-order valence-corrected chi connectivity index (χ4v) is 1.44. The number of nitrogens with zero attached hydrogens (tertiary/aromatic N) is 1. The number of benzene rings is 1. The zero-order chi connectivity index (χ0) is 11.7. The maximum Gasteiger partial charge on any atom is 0.335 e. The molecular formula is C11H10N2O3. The van der Waals surface area contributed by atoms with E-state index in [1.807, 2.05) is 0 Å². The average Bonchev–Trinajstić information content (AvgIpc) is 2.65. The number of rotatable bonds is 2. The molecule has 0 aliphatic rings. The number of aryl methyl sites for hydroxylation is 1. The van der Waals surface area contributed by atoms with Crippen LogP contribution < -0.4 is 5.73 Å². The molecule has 0 aliphatic heterocycles. The highest BCUT2D eigenvalue weighted by molar-refractivity contribution is 5.91. The number of nitrogens with two attached hydrogens (primary N) is 1. The van der Waals surface area contributed by atoms with Crippen LogP contribution in [-0.2, 0) is 0 Å². The predicted molar refractivity (Wildman–Crippen MR) is 58.0 cm³/mol. The molecule has 16 heavy (non-hydrogen) atoms. The van der Waals surface area contributed by atoms with Crippen molar-refractivity contribution in [2.75, 3.05) is 5.73 Å². The standard InChI is InChI=1S/C11H10N2O3/c1-6-2-3-7(4-8(6)11(14)15)9-5-10(12)16-13-9/h2-5H,12H2,1H3,(H,14,15). The van der Waals surface area contributed by atoms with Crippen molar-refractivity contribution in [1.82, 2.24) is 5.16 Å².